The Kier molecular flexibility index (Phi) is 1.89. The Bertz CT molecular complexity index is 262. The largest absolute Gasteiger partial charge is 0.390 e. The molecule has 0 saturated heterocycles. The van der Waals surface area contributed by atoms with Crippen LogP contribution in [0.4, 0.5) is 0 Å². The molecule has 0 amide bonds. The molecule has 4 aliphatic rings. The molecule has 0 aromatic carbocycles. The minimum absolute atomic E-state index is 0.284. The summed E-state index contributed by atoms with van der Waals surface area (Å²) in [5.41, 5.74) is -0.0142. The Morgan fingerprint density at radius 3 is 1.93 bits per heavy atom. The molecule has 4 aliphatic carbocycles. The predicted octanol–water partition coefficient (Wildman–Crippen LogP) is 3.22. The third-order valence-corrected chi connectivity index (χ3v) is 5.21. The van der Waals surface area contributed by atoms with E-state index in [1.165, 1.54) is 19.3 Å². The molecular weight excluding hydrogens is 184 g/mol. The average molecular weight is 208 g/mol. The molecular formula is C14H24O. The van der Waals surface area contributed by atoms with Crippen molar-refractivity contribution in [2.24, 2.45) is 29.1 Å². The van der Waals surface area contributed by atoms with Gasteiger partial charge in [0.1, 0.15) is 0 Å². The van der Waals surface area contributed by atoms with Crippen molar-refractivity contribution in [2.75, 3.05) is 0 Å². The maximum Gasteiger partial charge on any atom is 0.0688 e. The SMILES string of the molecule is CC(C)(C)C1C2CC3C[C@@H](C2)C[C@@]1(O)C3. The molecule has 0 heterocycles. The fourth-order valence-electron chi connectivity index (χ4n) is 5.51. The molecule has 0 aromatic heterocycles. The van der Waals surface area contributed by atoms with E-state index in [0.29, 0.717) is 5.92 Å². The van der Waals surface area contributed by atoms with Gasteiger partial charge < -0.3 is 5.11 Å². The molecule has 1 N–H and O–H groups in total. The van der Waals surface area contributed by atoms with E-state index in [9.17, 15) is 5.11 Å². The summed E-state index contributed by atoms with van der Waals surface area (Å²) in [6, 6.07) is 0. The summed E-state index contributed by atoms with van der Waals surface area (Å²) < 4.78 is 0. The van der Waals surface area contributed by atoms with Crippen LogP contribution in [0.2, 0.25) is 0 Å². The second-order valence-corrected chi connectivity index (χ2v) is 7.55. The molecule has 3 unspecified atom stereocenters. The van der Waals surface area contributed by atoms with E-state index in [1.807, 2.05) is 0 Å². The topological polar surface area (TPSA) is 20.2 Å². The van der Waals surface area contributed by atoms with Crippen molar-refractivity contribution < 1.29 is 5.11 Å². The van der Waals surface area contributed by atoms with Gasteiger partial charge in [0.2, 0.25) is 0 Å². The molecule has 0 aliphatic heterocycles. The van der Waals surface area contributed by atoms with E-state index >= 15 is 0 Å². The van der Waals surface area contributed by atoms with Gasteiger partial charge in [-0.2, -0.15) is 0 Å². The second kappa shape index (κ2) is 2.80. The zero-order chi connectivity index (χ0) is 10.8. The van der Waals surface area contributed by atoms with Crippen molar-refractivity contribution in [1.82, 2.24) is 0 Å². The van der Waals surface area contributed by atoms with E-state index in [1.54, 1.807) is 0 Å². The molecule has 4 saturated carbocycles. The lowest BCUT2D eigenvalue weighted by Crippen LogP contribution is -2.60. The monoisotopic (exact) mass is 208 g/mol. The summed E-state index contributed by atoms with van der Waals surface area (Å²) in [6.45, 7) is 6.95. The highest BCUT2D eigenvalue weighted by Gasteiger charge is 2.59. The normalized spacial score (nSPS) is 53.6. The molecule has 4 bridgehead atoms. The first kappa shape index (κ1) is 10.1. The van der Waals surface area contributed by atoms with Gasteiger partial charge in [0.25, 0.3) is 0 Å². The maximum atomic E-state index is 10.9. The van der Waals surface area contributed by atoms with Crippen molar-refractivity contribution >= 4 is 0 Å². The third-order valence-electron chi connectivity index (χ3n) is 5.21. The van der Waals surface area contributed by atoms with E-state index in [4.69, 9.17) is 0 Å². The first-order valence-electron chi connectivity index (χ1n) is 6.61. The van der Waals surface area contributed by atoms with E-state index in [2.05, 4.69) is 20.8 Å². The van der Waals surface area contributed by atoms with Crippen LogP contribution in [-0.2, 0) is 0 Å². The van der Waals surface area contributed by atoms with Crippen molar-refractivity contribution in [3.63, 3.8) is 0 Å². The Balaban J connectivity index is 1.96. The van der Waals surface area contributed by atoms with Gasteiger partial charge in [-0.25, -0.2) is 0 Å². The summed E-state index contributed by atoms with van der Waals surface area (Å²) in [5, 5.41) is 10.9. The molecule has 0 spiro atoms. The molecule has 1 heteroatoms. The van der Waals surface area contributed by atoms with Crippen molar-refractivity contribution in [1.29, 1.82) is 0 Å². The van der Waals surface area contributed by atoms with Crippen LogP contribution in [0.1, 0.15) is 52.9 Å². The highest BCUT2D eigenvalue weighted by atomic mass is 16.3. The van der Waals surface area contributed by atoms with Crippen LogP contribution in [0.25, 0.3) is 0 Å². The van der Waals surface area contributed by atoms with Gasteiger partial charge in [-0.15, -0.1) is 0 Å². The Morgan fingerprint density at radius 2 is 1.53 bits per heavy atom. The second-order valence-electron chi connectivity index (χ2n) is 7.55. The van der Waals surface area contributed by atoms with Gasteiger partial charge in [-0.05, 0) is 61.2 Å². The molecule has 4 rings (SSSR count). The predicted molar refractivity (Wildman–Crippen MR) is 61.4 cm³/mol. The Hall–Kier alpha value is -0.0400. The first-order chi connectivity index (χ1) is 6.88. The van der Waals surface area contributed by atoms with Gasteiger partial charge in [0, 0.05) is 0 Å². The smallest absolute Gasteiger partial charge is 0.0688 e. The lowest BCUT2D eigenvalue weighted by molar-refractivity contribution is -0.200. The number of aliphatic hydroxyl groups is 1. The van der Waals surface area contributed by atoms with Crippen LogP contribution in [0, 0.1) is 29.1 Å². The summed E-state index contributed by atoms with van der Waals surface area (Å²) >= 11 is 0. The molecule has 0 radical (unpaired) electrons. The molecule has 0 aromatic rings. The van der Waals surface area contributed by atoms with Crippen LogP contribution in [0.15, 0.2) is 0 Å². The Labute approximate surface area is 93.3 Å². The van der Waals surface area contributed by atoms with Crippen LogP contribution in [-0.4, -0.2) is 10.7 Å². The maximum absolute atomic E-state index is 10.9. The summed E-state index contributed by atoms with van der Waals surface area (Å²) in [5.74, 6) is 3.08. The van der Waals surface area contributed by atoms with E-state index < -0.39 is 0 Å². The molecule has 1 nitrogen and oxygen atoms in total. The van der Waals surface area contributed by atoms with Crippen LogP contribution >= 0.6 is 0 Å². The summed E-state index contributed by atoms with van der Waals surface area (Å²) in [7, 11) is 0. The van der Waals surface area contributed by atoms with Gasteiger partial charge in [0.05, 0.1) is 5.60 Å². The summed E-state index contributed by atoms with van der Waals surface area (Å²) in [4.78, 5) is 0. The van der Waals surface area contributed by atoms with Gasteiger partial charge in [0.15, 0.2) is 0 Å². The van der Waals surface area contributed by atoms with Crippen molar-refractivity contribution in [3.05, 3.63) is 0 Å². The third kappa shape index (κ3) is 1.39. The number of hydrogen-bond donors (Lipinski definition) is 1. The molecule has 4 fully saturated rings. The minimum Gasteiger partial charge on any atom is -0.390 e. The number of rotatable bonds is 0. The first-order valence-corrected chi connectivity index (χ1v) is 6.61. The van der Waals surface area contributed by atoms with E-state index in [0.717, 1.165) is 30.6 Å². The standard InChI is InChI=1S/C14H24O/c1-13(2,3)12-11-5-9-4-10(6-11)8-14(12,15)7-9/h9-12,15H,4-8H2,1-3H3/t9-,10?,11?,12?,14+/m0/s1. The average Bonchev–Trinajstić information content (AvgIpc) is 1.94. The summed E-state index contributed by atoms with van der Waals surface area (Å²) in [6.07, 6.45) is 6.42. The molecule has 5 atom stereocenters. The van der Waals surface area contributed by atoms with Gasteiger partial charge >= 0.3 is 0 Å². The molecule has 15 heavy (non-hydrogen) atoms. The van der Waals surface area contributed by atoms with Crippen LogP contribution in [0.3, 0.4) is 0 Å². The highest BCUT2D eigenvalue weighted by Crippen LogP contribution is 2.62. The zero-order valence-corrected chi connectivity index (χ0v) is 10.3. The Morgan fingerprint density at radius 1 is 1.00 bits per heavy atom. The fourth-order valence-corrected chi connectivity index (χ4v) is 5.51. The minimum atomic E-state index is -0.299. The van der Waals surface area contributed by atoms with E-state index in [-0.39, 0.29) is 11.0 Å². The molecule has 86 valence electrons. The quantitative estimate of drug-likeness (QED) is 0.648. The highest BCUT2D eigenvalue weighted by molar-refractivity contribution is 5.09. The number of hydrogen-bond acceptors (Lipinski definition) is 1. The van der Waals surface area contributed by atoms with Crippen molar-refractivity contribution in [3.8, 4) is 0 Å². The van der Waals surface area contributed by atoms with Crippen LogP contribution < -0.4 is 0 Å². The lowest BCUT2D eigenvalue weighted by Gasteiger charge is -2.62. The van der Waals surface area contributed by atoms with Crippen LogP contribution in [0.5, 0.6) is 0 Å². The fraction of sp³-hybridized carbons (Fsp3) is 1.00. The zero-order valence-electron chi connectivity index (χ0n) is 10.3. The lowest BCUT2D eigenvalue weighted by atomic mass is 9.45. The van der Waals surface area contributed by atoms with Gasteiger partial charge in [-0.1, -0.05) is 20.8 Å². The van der Waals surface area contributed by atoms with Crippen molar-refractivity contribution in [2.45, 2.75) is 58.5 Å². The van der Waals surface area contributed by atoms with Gasteiger partial charge in [-0.3, -0.25) is 0 Å².